The normalized spacial score (nSPS) is 10.6. The fraction of sp³-hybridized carbons (Fsp3) is 0.0625. The molecule has 0 aliphatic heterocycles. The van der Waals surface area contributed by atoms with Gasteiger partial charge in [0.25, 0.3) is 0 Å². The highest BCUT2D eigenvalue weighted by Gasteiger charge is 2.05. The molecule has 0 saturated carbocycles. The molecule has 0 radical (unpaired) electrons. The van der Waals surface area contributed by atoms with Gasteiger partial charge >= 0.3 is 0 Å². The Morgan fingerprint density at radius 3 is 2.41 bits per heavy atom. The van der Waals surface area contributed by atoms with Gasteiger partial charge in [0.2, 0.25) is 0 Å². The number of aryl methyl sites for hydroxylation is 1. The molecule has 1 heterocycles. The first-order valence-corrected chi connectivity index (χ1v) is 5.76. The SMILES string of the molecule is Cc1ncccc1-c1cccc2ccccc12. The minimum Gasteiger partial charge on any atom is -0.261 e. The van der Waals surface area contributed by atoms with Crippen molar-refractivity contribution in [1.29, 1.82) is 0 Å². The summed E-state index contributed by atoms with van der Waals surface area (Å²) in [6, 6.07) is 19.0. The van der Waals surface area contributed by atoms with Crippen molar-refractivity contribution < 1.29 is 0 Å². The lowest BCUT2D eigenvalue weighted by atomic mass is 9.98. The van der Waals surface area contributed by atoms with Gasteiger partial charge < -0.3 is 0 Å². The highest BCUT2D eigenvalue weighted by Crippen LogP contribution is 2.29. The largest absolute Gasteiger partial charge is 0.261 e. The third-order valence-electron chi connectivity index (χ3n) is 3.09. The third-order valence-corrected chi connectivity index (χ3v) is 3.09. The summed E-state index contributed by atoms with van der Waals surface area (Å²) in [6.45, 7) is 2.05. The number of pyridine rings is 1. The third kappa shape index (κ3) is 1.70. The molecule has 3 aromatic rings. The van der Waals surface area contributed by atoms with Crippen LogP contribution < -0.4 is 0 Å². The smallest absolute Gasteiger partial charge is 0.0451 e. The Kier molecular flexibility index (Phi) is 2.37. The predicted octanol–water partition coefficient (Wildman–Crippen LogP) is 4.21. The Balaban J connectivity index is 2.35. The molecule has 2 aromatic carbocycles. The molecule has 0 aliphatic rings. The first kappa shape index (κ1) is 10.0. The van der Waals surface area contributed by atoms with Gasteiger partial charge in [-0.3, -0.25) is 4.98 Å². The van der Waals surface area contributed by atoms with E-state index >= 15 is 0 Å². The lowest BCUT2D eigenvalue weighted by molar-refractivity contribution is 1.21. The Labute approximate surface area is 101 Å². The molecule has 82 valence electrons. The number of hydrogen-bond donors (Lipinski definition) is 0. The summed E-state index contributed by atoms with van der Waals surface area (Å²) in [5.41, 5.74) is 3.54. The van der Waals surface area contributed by atoms with Crippen LogP contribution in [0.2, 0.25) is 0 Å². The zero-order valence-electron chi connectivity index (χ0n) is 9.72. The summed E-state index contributed by atoms with van der Waals surface area (Å²) in [5.74, 6) is 0. The van der Waals surface area contributed by atoms with Gasteiger partial charge in [0.05, 0.1) is 0 Å². The molecule has 0 aliphatic carbocycles. The maximum absolute atomic E-state index is 4.36. The molecular weight excluding hydrogens is 206 g/mol. The van der Waals surface area contributed by atoms with Crippen molar-refractivity contribution in [1.82, 2.24) is 4.98 Å². The summed E-state index contributed by atoms with van der Waals surface area (Å²) >= 11 is 0. The summed E-state index contributed by atoms with van der Waals surface area (Å²) < 4.78 is 0. The Morgan fingerprint density at radius 2 is 1.53 bits per heavy atom. The molecule has 0 spiro atoms. The van der Waals surface area contributed by atoms with E-state index in [0.29, 0.717) is 0 Å². The standard InChI is InChI=1S/C16H13N/c1-12-14(10-5-11-17-12)16-9-4-7-13-6-2-3-8-15(13)16/h2-11H,1H3. The highest BCUT2D eigenvalue weighted by molar-refractivity contribution is 5.96. The maximum atomic E-state index is 4.36. The highest BCUT2D eigenvalue weighted by atomic mass is 14.7. The summed E-state index contributed by atoms with van der Waals surface area (Å²) in [5, 5.41) is 2.55. The summed E-state index contributed by atoms with van der Waals surface area (Å²) in [4.78, 5) is 4.36. The Bertz CT molecular complexity index is 666. The molecule has 0 N–H and O–H groups in total. The van der Waals surface area contributed by atoms with Gasteiger partial charge in [0.1, 0.15) is 0 Å². The van der Waals surface area contributed by atoms with Crippen LogP contribution in [0.1, 0.15) is 5.69 Å². The van der Waals surface area contributed by atoms with E-state index in [1.54, 1.807) is 0 Å². The molecular formula is C16H13N. The van der Waals surface area contributed by atoms with Crippen LogP contribution in [0, 0.1) is 6.92 Å². The molecule has 3 rings (SSSR count). The van der Waals surface area contributed by atoms with Crippen LogP contribution in [0.3, 0.4) is 0 Å². The Hall–Kier alpha value is -2.15. The number of nitrogens with zero attached hydrogens (tertiary/aromatic N) is 1. The quantitative estimate of drug-likeness (QED) is 0.597. The van der Waals surface area contributed by atoms with E-state index in [-0.39, 0.29) is 0 Å². The first-order valence-electron chi connectivity index (χ1n) is 5.76. The van der Waals surface area contributed by atoms with E-state index in [2.05, 4.69) is 60.4 Å². The number of rotatable bonds is 1. The summed E-state index contributed by atoms with van der Waals surface area (Å²) in [7, 11) is 0. The van der Waals surface area contributed by atoms with Crippen LogP contribution in [-0.4, -0.2) is 4.98 Å². The molecule has 1 aromatic heterocycles. The van der Waals surface area contributed by atoms with Crippen LogP contribution in [-0.2, 0) is 0 Å². The number of hydrogen-bond acceptors (Lipinski definition) is 1. The first-order chi connectivity index (χ1) is 8.36. The minimum atomic E-state index is 1.07. The van der Waals surface area contributed by atoms with Crippen LogP contribution in [0.15, 0.2) is 60.8 Å². The molecule has 0 saturated heterocycles. The maximum Gasteiger partial charge on any atom is 0.0451 e. The van der Waals surface area contributed by atoms with Crippen molar-refractivity contribution in [2.45, 2.75) is 6.92 Å². The van der Waals surface area contributed by atoms with Gasteiger partial charge in [-0.2, -0.15) is 0 Å². The van der Waals surface area contributed by atoms with E-state index < -0.39 is 0 Å². The lowest BCUT2D eigenvalue weighted by Crippen LogP contribution is -1.87. The van der Waals surface area contributed by atoms with Crippen molar-refractivity contribution in [2.24, 2.45) is 0 Å². The monoisotopic (exact) mass is 219 g/mol. The molecule has 17 heavy (non-hydrogen) atoms. The minimum absolute atomic E-state index is 1.07. The van der Waals surface area contributed by atoms with Crippen LogP contribution in [0.5, 0.6) is 0 Å². The zero-order chi connectivity index (χ0) is 11.7. The molecule has 1 nitrogen and oxygen atoms in total. The van der Waals surface area contributed by atoms with Gasteiger partial charge in [-0.25, -0.2) is 0 Å². The summed E-state index contributed by atoms with van der Waals surface area (Å²) in [6.07, 6.45) is 1.84. The number of aromatic nitrogens is 1. The van der Waals surface area contributed by atoms with Crippen LogP contribution in [0.4, 0.5) is 0 Å². The Morgan fingerprint density at radius 1 is 0.765 bits per heavy atom. The average Bonchev–Trinajstić information content (AvgIpc) is 2.39. The van der Waals surface area contributed by atoms with E-state index in [9.17, 15) is 0 Å². The molecule has 0 unspecified atom stereocenters. The average molecular weight is 219 g/mol. The molecule has 0 amide bonds. The fourth-order valence-electron chi connectivity index (χ4n) is 2.23. The topological polar surface area (TPSA) is 12.9 Å². The second-order valence-corrected chi connectivity index (χ2v) is 4.16. The van der Waals surface area contributed by atoms with Gasteiger partial charge in [-0.05, 0) is 29.3 Å². The van der Waals surface area contributed by atoms with Crippen LogP contribution >= 0.6 is 0 Å². The van der Waals surface area contributed by atoms with E-state index in [1.807, 2.05) is 12.3 Å². The number of benzene rings is 2. The fourth-order valence-corrected chi connectivity index (χ4v) is 2.23. The van der Waals surface area contributed by atoms with Gasteiger partial charge in [0, 0.05) is 17.5 Å². The number of fused-ring (bicyclic) bond motifs is 1. The van der Waals surface area contributed by atoms with Gasteiger partial charge in [-0.1, -0.05) is 48.5 Å². The van der Waals surface area contributed by atoms with Gasteiger partial charge in [-0.15, -0.1) is 0 Å². The van der Waals surface area contributed by atoms with Crippen molar-refractivity contribution in [3.05, 3.63) is 66.5 Å². The second kappa shape index (κ2) is 4.02. The molecule has 1 heteroatoms. The van der Waals surface area contributed by atoms with E-state index in [1.165, 1.54) is 21.9 Å². The second-order valence-electron chi connectivity index (χ2n) is 4.16. The van der Waals surface area contributed by atoms with Crippen molar-refractivity contribution >= 4 is 10.8 Å². The van der Waals surface area contributed by atoms with Crippen molar-refractivity contribution in [2.75, 3.05) is 0 Å². The zero-order valence-corrected chi connectivity index (χ0v) is 9.72. The van der Waals surface area contributed by atoms with E-state index in [0.717, 1.165) is 5.69 Å². The van der Waals surface area contributed by atoms with Crippen LogP contribution in [0.25, 0.3) is 21.9 Å². The molecule has 0 bridgehead atoms. The van der Waals surface area contributed by atoms with E-state index in [4.69, 9.17) is 0 Å². The molecule has 0 fully saturated rings. The molecule has 0 atom stereocenters. The predicted molar refractivity (Wildman–Crippen MR) is 71.9 cm³/mol. The van der Waals surface area contributed by atoms with Crippen molar-refractivity contribution in [3.63, 3.8) is 0 Å². The van der Waals surface area contributed by atoms with Crippen molar-refractivity contribution in [3.8, 4) is 11.1 Å². The van der Waals surface area contributed by atoms with Gasteiger partial charge in [0.15, 0.2) is 0 Å². The lowest BCUT2D eigenvalue weighted by Gasteiger charge is -2.08.